The second-order valence-corrected chi connectivity index (χ2v) is 3.36. The third-order valence-corrected chi connectivity index (χ3v) is 2.57. The summed E-state index contributed by atoms with van der Waals surface area (Å²) in [5.41, 5.74) is 2.70. The first-order valence-corrected chi connectivity index (χ1v) is 4.44. The van der Waals surface area contributed by atoms with E-state index in [1.165, 1.54) is 24.0 Å². The number of rotatable bonds is 0. The van der Waals surface area contributed by atoms with Crippen LogP contribution >= 0.6 is 11.6 Å². The Morgan fingerprint density at radius 3 is 2.91 bits per heavy atom. The highest BCUT2D eigenvalue weighted by molar-refractivity contribution is 6.30. The summed E-state index contributed by atoms with van der Waals surface area (Å²) in [6.07, 6.45) is 3.69. The smallest absolute Gasteiger partial charge is 0.00918 e. The fraction of sp³-hybridized carbons (Fsp3) is 0.600. The minimum atomic E-state index is 0.705. The van der Waals surface area contributed by atoms with Gasteiger partial charge in [-0.2, -0.15) is 0 Å². The van der Waals surface area contributed by atoms with Crippen LogP contribution in [0, 0.1) is 17.2 Å². The lowest BCUT2D eigenvalue weighted by molar-refractivity contribution is 0.543. The van der Waals surface area contributed by atoms with Gasteiger partial charge in [0.1, 0.15) is 0 Å². The second-order valence-electron chi connectivity index (χ2n) is 3.17. The van der Waals surface area contributed by atoms with Crippen LogP contribution in [0.1, 0.15) is 33.1 Å². The molecule has 0 amide bonds. The van der Waals surface area contributed by atoms with E-state index in [1.54, 1.807) is 0 Å². The monoisotopic (exact) mass is 168 g/mol. The molecule has 0 aromatic carbocycles. The van der Waals surface area contributed by atoms with Crippen molar-refractivity contribution in [3.05, 3.63) is 11.1 Å². The molecule has 0 saturated heterocycles. The highest BCUT2D eigenvalue weighted by Crippen LogP contribution is 2.28. The average Bonchev–Trinajstić information content (AvgIpc) is 1.99. The molecule has 0 fully saturated rings. The minimum Gasteiger partial charge on any atom is -0.0589 e. The molecule has 0 heterocycles. The molecule has 0 aromatic rings. The van der Waals surface area contributed by atoms with Crippen molar-refractivity contribution in [3.63, 3.8) is 0 Å². The fourth-order valence-corrected chi connectivity index (χ4v) is 1.63. The highest BCUT2D eigenvalue weighted by Gasteiger charge is 2.13. The molecule has 0 bridgehead atoms. The molecular weight excluding hydrogens is 156 g/mol. The average molecular weight is 169 g/mol. The van der Waals surface area contributed by atoms with E-state index >= 15 is 0 Å². The summed E-state index contributed by atoms with van der Waals surface area (Å²) in [4.78, 5) is 0. The Labute approximate surface area is 73.6 Å². The summed E-state index contributed by atoms with van der Waals surface area (Å²) in [6.45, 7) is 4.42. The summed E-state index contributed by atoms with van der Waals surface area (Å²) >= 11 is 5.35. The van der Waals surface area contributed by atoms with Crippen LogP contribution in [0.5, 0.6) is 0 Å². The number of halogens is 1. The van der Waals surface area contributed by atoms with Crippen molar-refractivity contribution in [2.75, 3.05) is 0 Å². The molecule has 0 nitrogen and oxygen atoms in total. The Balaban J connectivity index is 2.85. The van der Waals surface area contributed by atoms with Gasteiger partial charge in [0.15, 0.2) is 0 Å². The molecule has 0 aromatic heterocycles. The van der Waals surface area contributed by atoms with Crippen LogP contribution in [-0.2, 0) is 0 Å². The SMILES string of the molecule is CC1=C(C#CCl)CCCC1C. The Hall–Kier alpha value is -0.410. The highest BCUT2D eigenvalue weighted by atomic mass is 35.5. The quantitative estimate of drug-likeness (QED) is 0.487. The maximum Gasteiger partial charge on any atom is 0.00918 e. The van der Waals surface area contributed by atoms with E-state index in [1.807, 2.05) is 0 Å². The summed E-state index contributed by atoms with van der Waals surface area (Å²) in [5.74, 6) is 3.66. The Kier molecular flexibility index (Phi) is 3.02. The predicted octanol–water partition coefficient (Wildman–Crippen LogP) is 3.32. The number of hydrogen-bond acceptors (Lipinski definition) is 0. The van der Waals surface area contributed by atoms with Crippen molar-refractivity contribution in [2.24, 2.45) is 5.92 Å². The number of hydrogen-bond donors (Lipinski definition) is 0. The van der Waals surface area contributed by atoms with E-state index in [2.05, 4.69) is 25.1 Å². The largest absolute Gasteiger partial charge is 0.0589 e. The third kappa shape index (κ3) is 2.01. The minimum absolute atomic E-state index is 0.705. The second kappa shape index (κ2) is 3.83. The van der Waals surface area contributed by atoms with Gasteiger partial charge in [0.25, 0.3) is 0 Å². The van der Waals surface area contributed by atoms with Crippen molar-refractivity contribution < 1.29 is 0 Å². The first-order chi connectivity index (χ1) is 5.25. The van der Waals surface area contributed by atoms with Gasteiger partial charge in [0.2, 0.25) is 0 Å². The van der Waals surface area contributed by atoms with Gasteiger partial charge >= 0.3 is 0 Å². The van der Waals surface area contributed by atoms with E-state index in [0.29, 0.717) is 5.92 Å². The molecular formula is C10H13Cl. The Morgan fingerprint density at radius 2 is 2.27 bits per heavy atom. The standard InChI is InChI=1S/C10H13Cl/c1-8-4-3-5-10(6-7-11)9(8)2/h8H,3-5H2,1-2H3. The molecule has 0 radical (unpaired) electrons. The zero-order valence-electron chi connectivity index (χ0n) is 7.08. The van der Waals surface area contributed by atoms with Gasteiger partial charge in [-0.05, 0) is 43.7 Å². The van der Waals surface area contributed by atoms with Crippen LogP contribution in [0.3, 0.4) is 0 Å². The molecule has 1 aliphatic carbocycles. The predicted molar refractivity (Wildman–Crippen MR) is 49.3 cm³/mol. The molecule has 11 heavy (non-hydrogen) atoms. The zero-order chi connectivity index (χ0) is 8.27. The van der Waals surface area contributed by atoms with Crippen molar-refractivity contribution in [2.45, 2.75) is 33.1 Å². The summed E-state index contributed by atoms with van der Waals surface area (Å²) in [7, 11) is 0. The molecule has 1 rings (SSSR count). The molecule has 1 heteroatoms. The summed E-state index contributed by atoms with van der Waals surface area (Å²) < 4.78 is 0. The van der Waals surface area contributed by atoms with E-state index < -0.39 is 0 Å². The molecule has 60 valence electrons. The van der Waals surface area contributed by atoms with Gasteiger partial charge in [-0.3, -0.25) is 0 Å². The molecule has 0 N–H and O–H groups in total. The molecule has 0 saturated carbocycles. The van der Waals surface area contributed by atoms with E-state index in [9.17, 15) is 0 Å². The Bertz CT molecular complexity index is 227. The third-order valence-electron chi connectivity index (χ3n) is 2.48. The van der Waals surface area contributed by atoms with E-state index in [0.717, 1.165) is 6.42 Å². The van der Waals surface area contributed by atoms with Gasteiger partial charge in [-0.25, -0.2) is 0 Å². The number of allylic oxidation sites excluding steroid dienone is 2. The summed E-state index contributed by atoms with van der Waals surface area (Å²) in [6, 6.07) is 0. The van der Waals surface area contributed by atoms with E-state index in [4.69, 9.17) is 11.6 Å². The maximum absolute atomic E-state index is 5.35. The van der Waals surface area contributed by atoms with Crippen LogP contribution in [0.2, 0.25) is 0 Å². The van der Waals surface area contributed by atoms with Crippen LogP contribution in [0.25, 0.3) is 0 Å². The zero-order valence-corrected chi connectivity index (χ0v) is 7.83. The van der Waals surface area contributed by atoms with Gasteiger partial charge < -0.3 is 0 Å². The molecule has 1 atom stereocenters. The normalized spacial score (nSPS) is 24.5. The maximum atomic E-state index is 5.35. The topological polar surface area (TPSA) is 0 Å². The van der Waals surface area contributed by atoms with Crippen molar-refractivity contribution in [3.8, 4) is 11.3 Å². The van der Waals surface area contributed by atoms with Gasteiger partial charge in [-0.1, -0.05) is 18.4 Å². The Morgan fingerprint density at radius 1 is 1.55 bits per heavy atom. The molecule has 1 aliphatic rings. The lowest BCUT2D eigenvalue weighted by Crippen LogP contribution is -2.05. The van der Waals surface area contributed by atoms with Crippen LogP contribution in [-0.4, -0.2) is 0 Å². The fourth-order valence-electron chi connectivity index (χ4n) is 1.51. The van der Waals surface area contributed by atoms with Crippen molar-refractivity contribution in [1.82, 2.24) is 0 Å². The first-order valence-electron chi connectivity index (χ1n) is 4.07. The lowest BCUT2D eigenvalue weighted by atomic mass is 9.85. The van der Waals surface area contributed by atoms with Crippen molar-refractivity contribution in [1.29, 1.82) is 0 Å². The summed E-state index contributed by atoms with van der Waals surface area (Å²) in [5, 5.41) is 2.45. The molecule has 0 spiro atoms. The first kappa shape index (κ1) is 8.68. The van der Waals surface area contributed by atoms with Crippen molar-refractivity contribution >= 4 is 11.6 Å². The van der Waals surface area contributed by atoms with Crippen LogP contribution < -0.4 is 0 Å². The molecule has 0 aliphatic heterocycles. The van der Waals surface area contributed by atoms with Crippen LogP contribution in [0.4, 0.5) is 0 Å². The lowest BCUT2D eigenvalue weighted by Gasteiger charge is -2.20. The van der Waals surface area contributed by atoms with Gasteiger partial charge in [0.05, 0.1) is 0 Å². The van der Waals surface area contributed by atoms with Gasteiger partial charge in [-0.15, -0.1) is 0 Å². The van der Waals surface area contributed by atoms with Crippen LogP contribution in [0.15, 0.2) is 11.1 Å². The van der Waals surface area contributed by atoms with E-state index in [-0.39, 0.29) is 0 Å². The van der Waals surface area contributed by atoms with Gasteiger partial charge in [0, 0.05) is 11.0 Å². The molecule has 1 unspecified atom stereocenters.